The van der Waals surface area contributed by atoms with Crippen LogP contribution in [0.25, 0.3) is 0 Å². The van der Waals surface area contributed by atoms with Crippen LogP contribution < -0.4 is 5.32 Å². The second-order valence-corrected chi connectivity index (χ2v) is 24.9. The van der Waals surface area contributed by atoms with Crippen molar-refractivity contribution < 1.29 is 24.5 Å². The number of nitrogens with one attached hydrogen (secondary N) is 1. The van der Waals surface area contributed by atoms with Crippen molar-refractivity contribution in [3.8, 4) is 0 Å². The van der Waals surface area contributed by atoms with Gasteiger partial charge in [0.05, 0.1) is 25.4 Å². The van der Waals surface area contributed by atoms with Crippen molar-refractivity contribution in [2.45, 2.75) is 418 Å². The standard InChI is InChI=1S/C73H141NO5/c1-3-5-7-9-11-13-15-17-19-20-21-22-28-31-34-38-41-45-49-53-57-61-65-71(76)70(69-75)74-72(77)66-62-58-54-50-46-42-39-35-32-29-26-24-23-25-27-30-33-36-40-44-48-52-56-60-64-68-79-73(78)67-63-59-55-51-47-43-37-18-16-14-12-10-8-6-4-2/h18,37,61,65,70-71,75-76H,3-17,19-36,38-60,62-64,66-69H2,1-2H3,(H,74,77)/b37-18-,65-61+. The van der Waals surface area contributed by atoms with Crippen LogP contribution in [0.1, 0.15) is 406 Å². The minimum Gasteiger partial charge on any atom is -0.466 e. The number of esters is 1. The zero-order chi connectivity index (χ0) is 57.1. The average Bonchev–Trinajstić information content (AvgIpc) is 3.45. The molecule has 0 fully saturated rings. The summed E-state index contributed by atoms with van der Waals surface area (Å²) in [6, 6.07) is -0.628. The van der Waals surface area contributed by atoms with Crippen LogP contribution in [0.2, 0.25) is 0 Å². The first-order valence-corrected chi connectivity index (χ1v) is 36.1. The lowest BCUT2D eigenvalue weighted by molar-refractivity contribution is -0.143. The van der Waals surface area contributed by atoms with Crippen LogP contribution >= 0.6 is 0 Å². The van der Waals surface area contributed by atoms with Gasteiger partial charge in [-0.1, -0.05) is 359 Å². The van der Waals surface area contributed by atoms with Gasteiger partial charge in [0.25, 0.3) is 0 Å². The van der Waals surface area contributed by atoms with Crippen molar-refractivity contribution in [2.24, 2.45) is 0 Å². The van der Waals surface area contributed by atoms with Gasteiger partial charge in [-0.05, 0) is 57.8 Å². The quantitative estimate of drug-likeness (QED) is 0.0320. The minimum absolute atomic E-state index is 0.00889. The molecule has 0 spiro atoms. The second-order valence-electron chi connectivity index (χ2n) is 24.9. The zero-order valence-electron chi connectivity index (χ0n) is 53.6. The first kappa shape index (κ1) is 77.3. The summed E-state index contributed by atoms with van der Waals surface area (Å²) >= 11 is 0. The molecule has 2 atom stereocenters. The second kappa shape index (κ2) is 68.8. The smallest absolute Gasteiger partial charge is 0.305 e. The highest BCUT2D eigenvalue weighted by Crippen LogP contribution is 2.19. The van der Waals surface area contributed by atoms with Crippen molar-refractivity contribution in [3.05, 3.63) is 24.3 Å². The van der Waals surface area contributed by atoms with Crippen LogP contribution in [-0.2, 0) is 14.3 Å². The molecule has 0 aliphatic heterocycles. The van der Waals surface area contributed by atoms with Crippen LogP contribution in [-0.4, -0.2) is 47.4 Å². The van der Waals surface area contributed by atoms with E-state index in [2.05, 4.69) is 31.3 Å². The fourth-order valence-corrected chi connectivity index (χ4v) is 11.5. The molecular formula is C73H141NO5. The van der Waals surface area contributed by atoms with E-state index in [1.807, 2.05) is 6.08 Å². The van der Waals surface area contributed by atoms with Gasteiger partial charge in [-0.15, -0.1) is 0 Å². The van der Waals surface area contributed by atoms with E-state index < -0.39 is 12.1 Å². The number of unbranched alkanes of at least 4 members (excludes halogenated alkanes) is 55. The van der Waals surface area contributed by atoms with Gasteiger partial charge in [-0.25, -0.2) is 0 Å². The number of aliphatic hydroxyl groups is 2. The maximum Gasteiger partial charge on any atom is 0.305 e. The molecule has 0 aliphatic carbocycles. The van der Waals surface area contributed by atoms with Gasteiger partial charge < -0.3 is 20.3 Å². The van der Waals surface area contributed by atoms with E-state index in [-0.39, 0.29) is 18.5 Å². The first-order valence-electron chi connectivity index (χ1n) is 36.1. The average molecular weight is 1110 g/mol. The highest BCUT2D eigenvalue weighted by atomic mass is 16.5. The summed E-state index contributed by atoms with van der Waals surface area (Å²) in [7, 11) is 0. The van der Waals surface area contributed by atoms with Crippen LogP contribution in [0.5, 0.6) is 0 Å². The third-order valence-corrected chi connectivity index (χ3v) is 17.0. The zero-order valence-corrected chi connectivity index (χ0v) is 53.6. The van der Waals surface area contributed by atoms with Gasteiger partial charge in [-0.3, -0.25) is 9.59 Å². The highest BCUT2D eigenvalue weighted by Gasteiger charge is 2.18. The van der Waals surface area contributed by atoms with E-state index in [0.29, 0.717) is 19.4 Å². The fourth-order valence-electron chi connectivity index (χ4n) is 11.5. The molecular weight excluding hydrogens is 971 g/mol. The lowest BCUT2D eigenvalue weighted by Gasteiger charge is -2.20. The van der Waals surface area contributed by atoms with Crippen LogP contribution in [0.3, 0.4) is 0 Å². The number of rotatable bonds is 68. The van der Waals surface area contributed by atoms with E-state index in [9.17, 15) is 19.8 Å². The first-order chi connectivity index (χ1) is 39.0. The van der Waals surface area contributed by atoms with Gasteiger partial charge >= 0.3 is 5.97 Å². The predicted molar refractivity (Wildman–Crippen MR) is 347 cm³/mol. The molecule has 3 N–H and O–H groups in total. The fraction of sp³-hybridized carbons (Fsp3) is 0.918. The molecule has 468 valence electrons. The predicted octanol–water partition coefficient (Wildman–Crippen LogP) is 23.3. The molecule has 79 heavy (non-hydrogen) atoms. The highest BCUT2D eigenvalue weighted by molar-refractivity contribution is 5.76. The number of ether oxygens (including phenoxy) is 1. The number of aliphatic hydroxyl groups excluding tert-OH is 2. The summed E-state index contributed by atoms with van der Waals surface area (Å²) in [5.74, 6) is -0.0530. The number of hydrogen-bond acceptors (Lipinski definition) is 5. The van der Waals surface area contributed by atoms with Gasteiger partial charge in [0.2, 0.25) is 5.91 Å². The van der Waals surface area contributed by atoms with Crippen molar-refractivity contribution >= 4 is 11.9 Å². The van der Waals surface area contributed by atoms with Crippen molar-refractivity contribution in [3.63, 3.8) is 0 Å². The Morgan fingerprint density at radius 1 is 0.342 bits per heavy atom. The van der Waals surface area contributed by atoms with E-state index in [0.717, 1.165) is 44.9 Å². The largest absolute Gasteiger partial charge is 0.466 e. The Labute approximate surface area is 494 Å². The molecule has 0 aromatic rings. The normalized spacial score (nSPS) is 12.6. The summed E-state index contributed by atoms with van der Waals surface area (Å²) in [5, 5.41) is 23.3. The Kier molecular flexibility index (Phi) is 67.4. The lowest BCUT2D eigenvalue weighted by atomic mass is 10.0. The van der Waals surface area contributed by atoms with Crippen molar-refractivity contribution in [2.75, 3.05) is 13.2 Å². The Balaban J connectivity index is 3.39. The summed E-state index contributed by atoms with van der Waals surface area (Å²) in [5.41, 5.74) is 0. The summed E-state index contributed by atoms with van der Waals surface area (Å²) in [4.78, 5) is 24.6. The van der Waals surface area contributed by atoms with Crippen LogP contribution in [0.4, 0.5) is 0 Å². The van der Waals surface area contributed by atoms with Gasteiger partial charge in [0.15, 0.2) is 0 Å². The molecule has 0 heterocycles. The molecule has 0 rings (SSSR count). The number of allylic oxidation sites excluding steroid dienone is 3. The molecule has 0 radical (unpaired) electrons. The van der Waals surface area contributed by atoms with Gasteiger partial charge in [0.1, 0.15) is 0 Å². The molecule has 0 aliphatic rings. The number of amides is 1. The van der Waals surface area contributed by atoms with E-state index in [1.54, 1.807) is 6.08 Å². The molecule has 6 heteroatoms. The maximum absolute atomic E-state index is 12.5. The molecule has 1 amide bonds. The topological polar surface area (TPSA) is 95.9 Å². The van der Waals surface area contributed by atoms with E-state index in [4.69, 9.17) is 4.74 Å². The van der Waals surface area contributed by atoms with Crippen molar-refractivity contribution in [1.29, 1.82) is 0 Å². The van der Waals surface area contributed by atoms with Gasteiger partial charge in [0, 0.05) is 12.8 Å². The summed E-state index contributed by atoms with van der Waals surface area (Å²) < 4.78 is 5.49. The van der Waals surface area contributed by atoms with E-state index in [1.165, 1.54) is 334 Å². The molecule has 2 unspecified atom stereocenters. The Morgan fingerprint density at radius 3 is 0.899 bits per heavy atom. The molecule has 0 saturated heterocycles. The number of hydrogen-bond donors (Lipinski definition) is 3. The summed E-state index contributed by atoms with van der Waals surface area (Å²) in [6.07, 6.45) is 86.9. The minimum atomic E-state index is -0.844. The molecule has 0 aromatic heterocycles. The van der Waals surface area contributed by atoms with Crippen molar-refractivity contribution in [1.82, 2.24) is 5.32 Å². The number of carbonyl (C=O) groups excluding carboxylic acids is 2. The van der Waals surface area contributed by atoms with E-state index >= 15 is 0 Å². The van der Waals surface area contributed by atoms with Crippen LogP contribution in [0.15, 0.2) is 24.3 Å². The monoisotopic (exact) mass is 1110 g/mol. The Hall–Kier alpha value is -1.66. The Morgan fingerprint density at radius 2 is 0.595 bits per heavy atom. The van der Waals surface area contributed by atoms with Gasteiger partial charge in [-0.2, -0.15) is 0 Å². The lowest BCUT2D eigenvalue weighted by Crippen LogP contribution is -2.45. The SMILES string of the molecule is CCCCCCCC/C=C\CCCCCCCC(=O)OCCCCCCCCCCCCCCCCCCCCCCCCCCCC(=O)NC(CO)C(O)/C=C/CCCCCCCCCCCCCCCCCCCCCC. The van der Waals surface area contributed by atoms with Crippen LogP contribution in [0, 0.1) is 0 Å². The third kappa shape index (κ3) is 65.4. The third-order valence-electron chi connectivity index (χ3n) is 17.0. The molecule has 0 saturated carbocycles. The summed E-state index contributed by atoms with van der Waals surface area (Å²) in [6.45, 7) is 4.94. The Bertz CT molecular complexity index is 1230. The molecule has 6 nitrogen and oxygen atoms in total. The maximum atomic E-state index is 12.5. The molecule has 0 aromatic carbocycles. The molecule has 0 bridgehead atoms. The number of carbonyl (C=O) groups is 2.